The zero-order valence-corrected chi connectivity index (χ0v) is 9.44. The van der Waals surface area contributed by atoms with Crippen molar-refractivity contribution < 1.29 is 5.11 Å². The molecule has 0 saturated carbocycles. The van der Waals surface area contributed by atoms with Gasteiger partial charge in [-0.3, -0.25) is 0 Å². The number of piperidine rings is 1. The van der Waals surface area contributed by atoms with Crippen molar-refractivity contribution >= 4 is 11.8 Å². The number of rotatable bonds is 4. The van der Waals surface area contributed by atoms with E-state index in [4.69, 9.17) is 0 Å². The van der Waals surface area contributed by atoms with E-state index in [2.05, 4.69) is 18.5 Å². The molecule has 2 nitrogen and oxygen atoms in total. The van der Waals surface area contributed by atoms with Crippen molar-refractivity contribution in [1.29, 1.82) is 0 Å². The Balaban J connectivity index is 2.24. The van der Waals surface area contributed by atoms with Crippen LogP contribution in [-0.4, -0.2) is 35.8 Å². The van der Waals surface area contributed by atoms with E-state index < -0.39 is 0 Å². The number of aliphatic hydroxyl groups excluding tert-OH is 1. The van der Waals surface area contributed by atoms with Crippen molar-refractivity contribution in [2.75, 3.05) is 18.6 Å². The Kier molecular flexibility index (Phi) is 5.14. The highest BCUT2D eigenvalue weighted by Gasteiger charge is 2.24. The summed E-state index contributed by atoms with van der Waals surface area (Å²) in [6.45, 7) is 3.34. The third kappa shape index (κ3) is 3.88. The maximum Gasteiger partial charge on any atom is 0.0701 e. The largest absolute Gasteiger partial charge is 0.391 e. The lowest BCUT2D eigenvalue weighted by Crippen LogP contribution is -2.45. The van der Waals surface area contributed by atoms with E-state index in [0.717, 1.165) is 31.1 Å². The number of nitrogens with one attached hydrogen (secondary N) is 1. The van der Waals surface area contributed by atoms with Crippen molar-refractivity contribution in [3.05, 3.63) is 0 Å². The number of hydrogen-bond donors (Lipinski definition) is 2. The molecule has 0 aliphatic carbocycles. The van der Waals surface area contributed by atoms with E-state index in [1.165, 1.54) is 6.42 Å². The number of aliphatic hydroxyl groups is 1. The second kappa shape index (κ2) is 5.89. The second-order valence-electron chi connectivity index (χ2n) is 4.04. The summed E-state index contributed by atoms with van der Waals surface area (Å²) in [6.07, 6.45) is 5.26. The van der Waals surface area contributed by atoms with Crippen LogP contribution in [0.5, 0.6) is 0 Å². The molecular formula is C10H21NOS. The zero-order chi connectivity index (χ0) is 9.68. The fourth-order valence-electron chi connectivity index (χ4n) is 1.88. The molecule has 3 atom stereocenters. The van der Waals surface area contributed by atoms with Crippen LogP contribution in [0.3, 0.4) is 0 Å². The Bertz CT molecular complexity index is 143. The van der Waals surface area contributed by atoms with Gasteiger partial charge in [-0.15, -0.1) is 0 Å². The van der Waals surface area contributed by atoms with E-state index in [9.17, 15) is 5.11 Å². The molecule has 2 N–H and O–H groups in total. The molecule has 1 saturated heterocycles. The molecule has 3 unspecified atom stereocenters. The minimum atomic E-state index is -0.143. The van der Waals surface area contributed by atoms with E-state index in [1.54, 1.807) is 11.8 Å². The summed E-state index contributed by atoms with van der Waals surface area (Å²) in [7, 11) is 0. The third-order valence-electron chi connectivity index (χ3n) is 2.78. The van der Waals surface area contributed by atoms with Crippen LogP contribution in [0.15, 0.2) is 0 Å². The summed E-state index contributed by atoms with van der Waals surface area (Å²) in [4.78, 5) is 0. The van der Waals surface area contributed by atoms with Gasteiger partial charge in [0, 0.05) is 6.04 Å². The van der Waals surface area contributed by atoms with Crippen LogP contribution < -0.4 is 5.32 Å². The van der Waals surface area contributed by atoms with Gasteiger partial charge < -0.3 is 10.4 Å². The van der Waals surface area contributed by atoms with E-state index >= 15 is 0 Å². The number of hydrogen-bond acceptors (Lipinski definition) is 3. The standard InChI is InChI=1S/C10H21NOS/c1-8-3-5-11-9(7-8)10(12)4-6-13-2/h8-12H,3-7H2,1-2H3. The zero-order valence-electron chi connectivity index (χ0n) is 8.62. The molecular weight excluding hydrogens is 182 g/mol. The molecule has 0 bridgehead atoms. The summed E-state index contributed by atoms with van der Waals surface area (Å²) in [5, 5.41) is 13.2. The first-order valence-corrected chi connectivity index (χ1v) is 6.53. The maximum atomic E-state index is 9.85. The van der Waals surface area contributed by atoms with Crippen molar-refractivity contribution in [2.45, 2.75) is 38.3 Å². The molecule has 3 heteroatoms. The quantitative estimate of drug-likeness (QED) is 0.726. The minimum absolute atomic E-state index is 0.143. The highest BCUT2D eigenvalue weighted by atomic mass is 32.2. The predicted octanol–water partition coefficient (Wildman–Crippen LogP) is 1.49. The van der Waals surface area contributed by atoms with Crippen molar-refractivity contribution in [3.63, 3.8) is 0 Å². The van der Waals surface area contributed by atoms with Gasteiger partial charge in [-0.05, 0) is 43.7 Å². The van der Waals surface area contributed by atoms with Gasteiger partial charge in [0.2, 0.25) is 0 Å². The van der Waals surface area contributed by atoms with Crippen LogP contribution in [0, 0.1) is 5.92 Å². The molecule has 0 spiro atoms. The SMILES string of the molecule is CSCCC(O)C1CC(C)CCN1. The Morgan fingerprint density at radius 3 is 3.00 bits per heavy atom. The van der Waals surface area contributed by atoms with E-state index in [1.807, 2.05) is 0 Å². The fraction of sp³-hybridized carbons (Fsp3) is 1.00. The summed E-state index contributed by atoms with van der Waals surface area (Å²) in [6, 6.07) is 0.343. The van der Waals surface area contributed by atoms with Crippen molar-refractivity contribution in [1.82, 2.24) is 5.32 Å². The normalized spacial score (nSPS) is 31.6. The van der Waals surface area contributed by atoms with Gasteiger partial charge in [0.25, 0.3) is 0 Å². The van der Waals surface area contributed by atoms with Gasteiger partial charge >= 0.3 is 0 Å². The van der Waals surface area contributed by atoms with E-state index in [-0.39, 0.29) is 6.10 Å². The maximum absolute atomic E-state index is 9.85. The Labute approximate surface area is 85.5 Å². The van der Waals surface area contributed by atoms with Gasteiger partial charge in [0.15, 0.2) is 0 Å². The highest BCUT2D eigenvalue weighted by Crippen LogP contribution is 2.19. The Hall–Kier alpha value is 0.270. The molecule has 0 aromatic carbocycles. The first kappa shape index (κ1) is 11.3. The van der Waals surface area contributed by atoms with Gasteiger partial charge in [0.05, 0.1) is 6.10 Å². The van der Waals surface area contributed by atoms with Gasteiger partial charge in [-0.1, -0.05) is 6.92 Å². The van der Waals surface area contributed by atoms with Gasteiger partial charge in [-0.25, -0.2) is 0 Å². The lowest BCUT2D eigenvalue weighted by molar-refractivity contribution is 0.0987. The van der Waals surface area contributed by atoms with Crippen LogP contribution in [0.1, 0.15) is 26.2 Å². The van der Waals surface area contributed by atoms with Gasteiger partial charge in [-0.2, -0.15) is 11.8 Å². The lowest BCUT2D eigenvalue weighted by atomic mass is 9.90. The van der Waals surface area contributed by atoms with E-state index in [0.29, 0.717) is 6.04 Å². The van der Waals surface area contributed by atoms with Crippen LogP contribution in [0.25, 0.3) is 0 Å². The molecule has 1 fully saturated rings. The average Bonchev–Trinajstić information content (AvgIpc) is 2.14. The second-order valence-corrected chi connectivity index (χ2v) is 5.02. The fourth-order valence-corrected chi connectivity index (χ4v) is 2.36. The topological polar surface area (TPSA) is 32.3 Å². The van der Waals surface area contributed by atoms with Crippen LogP contribution in [-0.2, 0) is 0 Å². The number of thioether (sulfide) groups is 1. The molecule has 13 heavy (non-hydrogen) atoms. The molecule has 1 aliphatic rings. The third-order valence-corrected chi connectivity index (χ3v) is 3.43. The Morgan fingerprint density at radius 2 is 2.38 bits per heavy atom. The first-order valence-electron chi connectivity index (χ1n) is 5.14. The predicted molar refractivity (Wildman–Crippen MR) is 59.2 cm³/mol. The van der Waals surface area contributed by atoms with Crippen LogP contribution >= 0.6 is 11.8 Å². The minimum Gasteiger partial charge on any atom is -0.391 e. The molecule has 1 heterocycles. The van der Waals surface area contributed by atoms with Crippen LogP contribution in [0.2, 0.25) is 0 Å². The first-order chi connectivity index (χ1) is 6.24. The summed E-state index contributed by atoms with van der Waals surface area (Å²) < 4.78 is 0. The summed E-state index contributed by atoms with van der Waals surface area (Å²) >= 11 is 1.81. The summed E-state index contributed by atoms with van der Waals surface area (Å²) in [5.41, 5.74) is 0. The Morgan fingerprint density at radius 1 is 1.62 bits per heavy atom. The van der Waals surface area contributed by atoms with Gasteiger partial charge in [0.1, 0.15) is 0 Å². The smallest absolute Gasteiger partial charge is 0.0701 e. The van der Waals surface area contributed by atoms with Crippen LogP contribution in [0.4, 0.5) is 0 Å². The van der Waals surface area contributed by atoms with Crippen molar-refractivity contribution in [3.8, 4) is 0 Å². The lowest BCUT2D eigenvalue weighted by Gasteiger charge is -2.31. The highest BCUT2D eigenvalue weighted by molar-refractivity contribution is 7.98. The molecule has 0 aromatic rings. The molecule has 0 amide bonds. The van der Waals surface area contributed by atoms with Crippen molar-refractivity contribution in [2.24, 2.45) is 5.92 Å². The molecule has 1 rings (SSSR count). The average molecular weight is 203 g/mol. The molecule has 0 radical (unpaired) electrons. The molecule has 78 valence electrons. The molecule has 0 aromatic heterocycles. The monoisotopic (exact) mass is 203 g/mol. The molecule has 1 aliphatic heterocycles. The summed E-state index contributed by atoms with van der Waals surface area (Å²) in [5.74, 6) is 1.84.